The molecule has 4 nitrogen and oxygen atoms in total. The summed E-state index contributed by atoms with van der Waals surface area (Å²) in [5, 5.41) is 7.71. The molecule has 0 saturated heterocycles. The minimum Gasteiger partial charge on any atom is -0.353 e. The van der Waals surface area contributed by atoms with Gasteiger partial charge in [0.2, 0.25) is 0 Å². The largest absolute Gasteiger partial charge is 0.353 e. The first-order valence-electron chi connectivity index (χ1n) is 8.17. The van der Waals surface area contributed by atoms with Crippen LogP contribution in [0, 0.1) is 6.92 Å². The highest BCUT2D eigenvalue weighted by Crippen LogP contribution is 2.40. The maximum absolute atomic E-state index is 12.7. The normalized spacial score (nSPS) is 20.4. The molecule has 2 N–H and O–H groups in total. The first-order chi connectivity index (χ1) is 11.2. The third-order valence-corrected chi connectivity index (χ3v) is 6.01. The zero-order chi connectivity index (χ0) is 16.0. The van der Waals surface area contributed by atoms with Gasteiger partial charge in [0.25, 0.3) is 5.91 Å². The van der Waals surface area contributed by atoms with Crippen molar-refractivity contribution in [3.8, 4) is 0 Å². The Bertz CT molecular complexity index is 768. The monoisotopic (exact) mass is 327 g/mol. The Hall–Kier alpha value is -1.85. The molecule has 1 amide bonds. The van der Waals surface area contributed by atoms with Crippen LogP contribution in [0.3, 0.4) is 0 Å². The number of aryl methyl sites for hydroxylation is 1. The summed E-state index contributed by atoms with van der Waals surface area (Å²) in [5.41, 5.74) is 4.45. The van der Waals surface area contributed by atoms with Gasteiger partial charge in [-0.25, -0.2) is 0 Å². The highest BCUT2D eigenvalue weighted by atomic mass is 32.1. The quantitative estimate of drug-likeness (QED) is 0.889. The van der Waals surface area contributed by atoms with Gasteiger partial charge in [0, 0.05) is 18.0 Å². The zero-order valence-electron chi connectivity index (χ0n) is 13.5. The van der Waals surface area contributed by atoms with Crippen molar-refractivity contribution in [1.29, 1.82) is 0 Å². The number of carbonyl (C=O) groups is 1. The molecule has 0 unspecified atom stereocenters. The van der Waals surface area contributed by atoms with E-state index in [-0.39, 0.29) is 12.1 Å². The number of fused-ring (bicyclic) bond motifs is 3. The molecule has 5 heteroatoms. The Morgan fingerprint density at radius 2 is 2.13 bits per heavy atom. The van der Waals surface area contributed by atoms with Gasteiger partial charge in [0.05, 0.1) is 5.56 Å². The summed E-state index contributed by atoms with van der Waals surface area (Å²) >= 11 is 1.75. The minimum atomic E-state index is -0.140. The van der Waals surface area contributed by atoms with Gasteiger partial charge in [-0.05, 0) is 36.6 Å². The SMILES string of the molecule is CCN1CCc2c(sc3c2C(=O)N[C@@H](c2ccccc2C)N3)C1. The molecular weight excluding hydrogens is 306 g/mol. The molecule has 0 fully saturated rings. The Morgan fingerprint density at radius 1 is 1.30 bits per heavy atom. The summed E-state index contributed by atoms with van der Waals surface area (Å²) in [7, 11) is 0. The smallest absolute Gasteiger partial charge is 0.256 e. The number of carbonyl (C=O) groups excluding carboxylic acids is 1. The van der Waals surface area contributed by atoms with E-state index in [1.807, 2.05) is 12.1 Å². The molecule has 2 aromatic rings. The third-order valence-electron chi connectivity index (χ3n) is 4.86. The van der Waals surface area contributed by atoms with Gasteiger partial charge >= 0.3 is 0 Å². The lowest BCUT2D eigenvalue weighted by Crippen LogP contribution is -2.39. The number of anilines is 1. The Balaban J connectivity index is 1.69. The molecule has 4 rings (SSSR count). The van der Waals surface area contributed by atoms with Crippen molar-refractivity contribution in [2.75, 3.05) is 18.4 Å². The van der Waals surface area contributed by atoms with Crippen LogP contribution in [0.4, 0.5) is 5.00 Å². The van der Waals surface area contributed by atoms with Gasteiger partial charge in [-0.1, -0.05) is 31.2 Å². The first-order valence-corrected chi connectivity index (χ1v) is 8.99. The molecule has 0 saturated carbocycles. The van der Waals surface area contributed by atoms with Crippen LogP contribution in [0.25, 0.3) is 0 Å². The number of rotatable bonds is 2. The average molecular weight is 327 g/mol. The standard InChI is InChI=1S/C18H21N3OS/c1-3-21-9-8-13-14(10-21)23-18-15(13)17(22)19-16(20-18)12-7-5-4-6-11(12)2/h4-7,16,20H,3,8-10H2,1-2H3,(H,19,22)/t16-/m1/s1. The van der Waals surface area contributed by atoms with Crippen LogP contribution in [0.2, 0.25) is 0 Å². The van der Waals surface area contributed by atoms with E-state index < -0.39 is 0 Å². The zero-order valence-corrected chi connectivity index (χ0v) is 14.3. The van der Waals surface area contributed by atoms with Gasteiger partial charge in [-0.15, -0.1) is 11.3 Å². The molecular formula is C18H21N3OS. The van der Waals surface area contributed by atoms with Crippen molar-refractivity contribution in [2.24, 2.45) is 0 Å². The topological polar surface area (TPSA) is 44.4 Å². The molecule has 1 aromatic heterocycles. The van der Waals surface area contributed by atoms with Crippen molar-refractivity contribution < 1.29 is 4.79 Å². The Kier molecular flexibility index (Phi) is 3.62. The number of benzene rings is 1. The molecule has 120 valence electrons. The van der Waals surface area contributed by atoms with Crippen LogP contribution in [0.5, 0.6) is 0 Å². The van der Waals surface area contributed by atoms with E-state index in [4.69, 9.17) is 0 Å². The maximum atomic E-state index is 12.7. The number of likely N-dealkylation sites (N-methyl/N-ethyl adjacent to an activating group) is 1. The number of hydrogen-bond acceptors (Lipinski definition) is 4. The second-order valence-electron chi connectivity index (χ2n) is 6.23. The summed E-state index contributed by atoms with van der Waals surface area (Å²) in [6.07, 6.45) is 0.831. The fourth-order valence-electron chi connectivity index (χ4n) is 3.50. The lowest BCUT2D eigenvalue weighted by atomic mass is 9.99. The van der Waals surface area contributed by atoms with Crippen LogP contribution in [-0.2, 0) is 13.0 Å². The molecule has 0 bridgehead atoms. The second kappa shape index (κ2) is 5.65. The summed E-state index contributed by atoms with van der Waals surface area (Å²) in [6.45, 7) is 7.34. The average Bonchev–Trinajstić information content (AvgIpc) is 2.92. The van der Waals surface area contributed by atoms with Crippen LogP contribution in [-0.4, -0.2) is 23.9 Å². The summed E-state index contributed by atoms with van der Waals surface area (Å²) in [6, 6.07) is 8.20. The molecule has 0 radical (unpaired) electrons. The minimum absolute atomic E-state index is 0.0643. The first kappa shape index (κ1) is 14.7. The Morgan fingerprint density at radius 3 is 2.91 bits per heavy atom. The van der Waals surface area contributed by atoms with Crippen molar-refractivity contribution in [3.05, 3.63) is 51.4 Å². The van der Waals surface area contributed by atoms with E-state index in [1.165, 1.54) is 16.0 Å². The van der Waals surface area contributed by atoms with Gasteiger partial charge in [0.1, 0.15) is 11.2 Å². The van der Waals surface area contributed by atoms with Gasteiger partial charge in [0.15, 0.2) is 0 Å². The molecule has 2 aliphatic heterocycles. The van der Waals surface area contributed by atoms with E-state index in [0.717, 1.165) is 42.2 Å². The maximum Gasteiger partial charge on any atom is 0.256 e. The van der Waals surface area contributed by atoms with Crippen molar-refractivity contribution in [2.45, 2.75) is 33.0 Å². The van der Waals surface area contributed by atoms with E-state index >= 15 is 0 Å². The molecule has 3 heterocycles. The second-order valence-corrected chi connectivity index (χ2v) is 7.34. The van der Waals surface area contributed by atoms with Gasteiger partial charge < -0.3 is 10.6 Å². The summed E-state index contributed by atoms with van der Waals surface area (Å²) in [4.78, 5) is 16.5. The van der Waals surface area contributed by atoms with Crippen molar-refractivity contribution >= 4 is 22.2 Å². The molecule has 1 aromatic carbocycles. The third kappa shape index (κ3) is 2.44. The number of hydrogen-bond donors (Lipinski definition) is 2. The van der Waals surface area contributed by atoms with E-state index in [0.29, 0.717) is 0 Å². The number of thiophene rings is 1. The predicted molar refractivity (Wildman–Crippen MR) is 94.0 cm³/mol. The highest BCUT2D eigenvalue weighted by Gasteiger charge is 2.33. The molecule has 23 heavy (non-hydrogen) atoms. The highest BCUT2D eigenvalue weighted by molar-refractivity contribution is 7.16. The molecule has 1 atom stereocenters. The van der Waals surface area contributed by atoms with Crippen LogP contribution in [0.1, 0.15) is 45.0 Å². The van der Waals surface area contributed by atoms with Crippen LogP contribution in [0.15, 0.2) is 24.3 Å². The summed E-state index contributed by atoms with van der Waals surface area (Å²) in [5.74, 6) is 0.0643. The molecule has 0 spiro atoms. The predicted octanol–water partition coefficient (Wildman–Crippen LogP) is 3.29. The fraction of sp³-hybridized carbons (Fsp3) is 0.389. The lowest BCUT2D eigenvalue weighted by Gasteiger charge is -2.28. The van der Waals surface area contributed by atoms with Gasteiger partial charge in [-0.3, -0.25) is 9.69 Å². The van der Waals surface area contributed by atoms with Crippen molar-refractivity contribution in [3.63, 3.8) is 0 Å². The number of nitrogens with zero attached hydrogens (tertiary/aromatic N) is 1. The van der Waals surface area contributed by atoms with Crippen molar-refractivity contribution in [1.82, 2.24) is 10.2 Å². The van der Waals surface area contributed by atoms with Crippen LogP contribution < -0.4 is 10.6 Å². The lowest BCUT2D eigenvalue weighted by molar-refractivity contribution is 0.0934. The van der Waals surface area contributed by atoms with E-state index in [2.05, 4.69) is 41.5 Å². The van der Waals surface area contributed by atoms with E-state index in [9.17, 15) is 4.79 Å². The fourth-order valence-corrected chi connectivity index (χ4v) is 4.82. The molecule has 0 aliphatic carbocycles. The van der Waals surface area contributed by atoms with E-state index in [1.54, 1.807) is 11.3 Å². The summed E-state index contributed by atoms with van der Waals surface area (Å²) < 4.78 is 0. The molecule has 2 aliphatic rings. The van der Waals surface area contributed by atoms with Gasteiger partial charge in [-0.2, -0.15) is 0 Å². The van der Waals surface area contributed by atoms with Crippen LogP contribution >= 0.6 is 11.3 Å². The number of nitrogens with one attached hydrogen (secondary N) is 2. The number of amides is 1. The Labute approximate surface area is 140 Å².